The fraction of sp³-hybridized carbons (Fsp3) is 0.923. The van der Waals surface area contributed by atoms with Crippen LogP contribution in [0, 0.1) is 29.6 Å². The Bertz CT molecular complexity index is 343. The van der Waals surface area contributed by atoms with Gasteiger partial charge in [0.15, 0.2) is 0 Å². The number of ether oxygens (including phenoxy) is 1. The first-order valence-corrected chi connectivity index (χ1v) is 6.89. The van der Waals surface area contributed by atoms with Gasteiger partial charge in [-0.3, -0.25) is 4.79 Å². The summed E-state index contributed by atoms with van der Waals surface area (Å²) >= 11 is 0. The van der Waals surface area contributed by atoms with Crippen molar-refractivity contribution in [3.05, 3.63) is 0 Å². The van der Waals surface area contributed by atoms with E-state index in [4.69, 9.17) is 10.5 Å². The zero-order valence-corrected chi connectivity index (χ0v) is 9.97. The molecule has 4 rings (SSSR count). The molecule has 94 valence electrons. The first-order chi connectivity index (χ1) is 8.25. The van der Waals surface area contributed by atoms with Gasteiger partial charge in [-0.15, -0.1) is 0 Å². The number of carbonyl (C=O) groups is 1. The molecule has 1 aliphatic heterocycles. The third kappa shape index (κ3) is 1.40. The number of carbonyl (C=O) groups excluding carboxylic acids is 1. The summed E-state index contributed by atoms with van der Waals surface area (Å²) in [5.74, 6) is 3.43. The topological polar surface area (TPSA) is 64.3 Å². The van der Waals surface area contributed by atoms with Crippen LogP contribution in [0.3, 0.4) is 0 Å². The molecular formula is C13H20N2O2. The van der Waals surface area contributed by atoms with Gasteiger partial charge in [-0.1, -0.05) is 0 Å². The number of amides is 1. The molecule has 2 bridgehead atoms. The molecule has 0 spiro atoms. The van der Waals surface area contributed by atoms with E-state index in [2.05, 4.69) is 5.32 Å². The zero-order valence-electron chi connectivity index (χ0n) is 9.97. The average Bonchev–Trinajstić information content (AvgIpc) is 2.76. The third-order valence-electron chi connectivity index (χ3n) is 5.51. The second kappa shape index (κ2) is 3.45. The van der Waals surface area contributed by atoms with Crippen LogP contribution in [0.4, 0.5) is 0 Å². The van der Waals surface area contributed by atoms with Gasteiger partial charge >= 0.3 is 0 Å². The predicted molar refractivity (Wildman–Crippen MR) is 62.0 cm³/mol. The summed E-state index contributed by atoms with van der Waals surface area (Å²) in [4.78, 5) is 12.1. The van der Waals surface area contributed by atoms with Gasteiger partial charge in [0.25, 0.3) is 0 Å². The molecular weight excluding hydrogens is 216 g/mol. The predicted octanol–water partition coefficient (Wildman–Crippen LogP) is 0.121. The van der Waals surface area contributed by atoms with E-state index in [0.29, 0.717) is 19.3 Å². The van der Waals surface area contributed by atoms with Gasteiger partial charge in [0.1, 0.15) is 0 Å². The quantitative estimate of drug-likeness (QED) is 0.716. The van der Waals surface area contributed by atoms with Gasteiger partial charge in [0.2, 0.25) is 5.91 Å². The molecule has 0 aromatic rings. The lowest BCUT2D eigenvalue weighted by molar-refractivity contribution is -0.125. The summed E-state index contributed by atoms with van der Waals surface area (Å²) in [5.41, 5.74) is 5.87. The van der Waals surface area contributed by atoms with Crippen molar-refractivity contribution < 1.29 is 9.53 Å². The molecule has 3 N–H and O–H groups in total. The number of hydrogen-bond donors (Lipinski definition) is 2. The molecule has 3 saturated carbocycles. The van der Waals surface area contributed by atoms with E-state index in [1.807, 2.05) is 0 Å². The average molecular weight is 236 g/mol. The maximum atomic E-state index is 12.1. The molecule has 17 heavy (non-hydrogen) atoms. The van der Waals surface area contributed by atoms with Gasteiger partial charge in [0, 0.05) is 12.1 Å². The Morgan fingerprint density at radius 3 is 2.47 bits per heavy atom. The second-order valence-electron chi connectivity index (χ2n) is 6.33. The Morgan fingerprint density at radius 1 is 1.18 bits per heavy atom. The molecule has 6 unspecified atom stereocenters. The smallest absolute Gasteiger partial charge is 0.227 e. The SMILES string of the molecule is NC1COCC1C(=O)NC1C2C3CCC(C3)C12. The minimum Gasteiger partial charge on any atom is -0.379 e. The summed E-state index contributed by atoms with van der Waals surface area (Å²) in [6.45, 7) is 1.03. The molecule has 4 heteroatoms. The van der Waals surface area contributed by atoms with E-state index in [-0.39, 0.29) is 17.9 Å². The van der Waals surface area contributed by atoms with Crippen molar-refractivity contribution in [2.45, 2.75) is 31.3 Å². The van der Waals surface area contributed by atoms with E-state index in [9.17, 15) is 4.79 Å². The van der Waals surface area contributed by atoms with Gasteiger partial charge in [-0.25, -0.2) is 0 Å². The molecule has 4 aliphatic rings. The van der Waals surface area contributed by atoms with Crippen LogP contribution in [0.2, 0.25) is 0 Å². The summed E-state index contributed by atoms with van der Waals surface area (Å²) in [6.07, 6.45) is 4.21. The molecule has 3 aliphatic carbocycles. The number of rotatable bonds is 2. The van der Waals surface area contributed by atoms with Gasteiger partial charge in [-0.05, 0) is 42.9 Å². The standard InChI is InChI=1S/C13H20N2O2/c14-9-5-17-4-8(9)13(16)15-12-10-6-1-2-7(3-6)11(10)12/h6-12H,1-5,14H2,(H,15,16). The molecule has 1 heterocycles. The maximum Gasteiger partial charge on any atom is 0.227 e. The van der Waals surface area contributed by atoms with Crippen LogP contribution in [0.1, 0.15) is 19.3 Å². The van der Waals surface area contributed by atoms with E-state index >= 15 is 0 Å². The molecule has 0 aromatic heterocycles. The van der Waals surface area contributed by atoms with Crippen LogP contribution in [-0.2, 0) is 9.53 Å². The van der Waals surface area contributed by atoms with Crippen LogP contribution >= 0.6 is 0 Å². The number of nitrogens with one attached hydrogen (secondary N) is 1. The first kappa shape index (κ1) is 10.3. The monoisotopic (exact) mass is 236 g/mol. The Hall–Kier alpha value is -0.610. The zero-order chi connectivity index (χ0) is 11.6. The molecule has 1 saturated heterocycles. The highest BCUT2D eigenvalue weighted by Gasteiger charge is 2.65. The van der Waals surface area contributed by atoms with Crippen LogP contribution in [0.5, 0.6) is 0 Å². The first-order valence-electron chi connectivity index (χ1n) is 6.89. The Kier molecular flexibility index (Phi) is 2.10. The van der Waals surface area contributed by atoms with E-state index in [0.717, 1.165) is 23.7 Å². The van der Waals surface area contributed by atoms with Crippen LogP contribution in [0.25, 0.3) is 0 Å². The number of nitrogens with two attached hydrogens (primary N) is 1. The summed E-state index contributed by atoms with van der Waals surface area (Å²) in [5, 5.41) is 3.23. The Morgan fingerprint density at radius 2 is 1.88 bits per heavy atom. The molecule has 4 nitrogen and oxygen atoms in total. The molecule has 6 atom stereocenters. The summed E-state index contributed by atoms with van der Waals surface area (Å²) < 4.78 is 5.26. The van der Waals surface area contributed by atoms with Crippen molar-refractivity contribution in [2.75, 3.05) is 13.2 Å². The highest BCUT2D eigenvalue weighted by Crippen LogP contribution is 2.65. The highest BCUT2D eigenvalue weighted by molar-refractivity contribution is 5.80. The minimum absolute atomic E-state index is 0.106. The lowest BCUT2D eigenvalue weighted by Gasteiger charge is -2.15. The fourth-order valence-electron chi connectivity index (χ4n) is 4.63. The normalized spacial score (nSPS) is 54.8. The van der Waals surface area contributed by atoms with Crippen molar-refractivity contribution in [3.63, 3.8) is 0 Å². The summed E-state index contributed by atoms with van der Waals surface area (Å²) in [7, 11) is 0. The fourth-order valence-corrected chi connectivity index (χ4v) is 4.63. The van der Waals surface area contributed by atoms with Gasteiger partial charge in [-0.2, -0.15) is 0 Å². The van der Waals surface area contributed by atoms with Crippen molar-refractivity contribution in [1.29, 1.82) is 0 Å². The van der Waals surface area contributed by atoms with Crippen LogP contribution < -0.4 is 11.1 Å². The van der Waals surface area contributed by atoms with Crippen LogP contribution in [-0.4, -0.2) is 31.2 Å². The van der Waals surface area contributed by atoms with E-state index < -0.39 is 0 Å². The lowest BCUT2D eigenvalue weighted by atomic mass is 10.0. The van der Waals surface area contributed by atoms with Crippen molar-refractivity contribution in [3.8, 4) is 0 Å². The molecule has 1 amide bonds. The van der Waals surface area contributed by atoms with Crippen LogP contribution in [0.15, 0.2) is 0 Å². The van der Waals surface area contributed by atoms with Gasteiger partial charge < -0.3 is 15.8 Å². The third-order valence-corrected chi connectivity index (χ3v) is 5.51. The Labute approximate surface area is 101 Å². The van der Waals surface area contributed by atoms with Crippen molar-refractivity contribution in [2.24, 2.45) is 35.3 Å². The number of fused-ring (bicyclic) bond motifs is 5. The minimum atomic E-state index is -0.117. The van der Waals surface area contributed by atoms with E-state index in [1.54, 1.807) is 0 Å². The molecule has 0 radical (unpaired) electrons. The Balaban J connectivity index is 1.38. The largest absolute Gasteiger partial charge is 0.379 e. The number of hydrogen-bond acceptors (Lipinski definition) is 3. The molecule has 4 fully saturated rings. The van der Waals surface area contributed by atoms with Crippen molar-refractivity contribution in [1.82, 2.24) is 5.32 Å². The van der Waals surface area contributed by atoms with E-state index in [1.165, 1.54) is 19.3 Å². The highest BCUT2D eigenvalue weighted by atomic mass is 16.5. The van der Waals surface area contributed by atoms with Gasteiger partial charge in [0.05, 0.1) is 19.1 Å². The molecule has 0 aromatic carbocycles. The lowest BCUT2D eigenvalue weighted by Crippen LogP contribution is -2.43. The maximum absolute atomic E-state index is 12.1. The summed E-state index contributed by atoms with van der Waals surface area (Å²) in [6, 6.07) is 0.367. The van der Waals surface area contributed by atoms with Crippen molar-refractivity contribution >= 4 is 5.91 Å². The second-order valence-corrected chi connectivity index (χ2v) is 6.33.